The van der Waals surface area contributed by atoms with Crippen molar-refractivity contribution in [2.45, 2.75) is 38.8 Å². The van der Waals surface area contributed by atoms with Crippen molar-refractivity contribution < 1.29 is 0 Å². The van der Waals surface area contributed by atoms with Gasteiger partial charge in [-0.25, -0.2) is 0 Å². The van der Waals surface area contributed by atoms with Gasteiger partial charge >= 0.3 is 0 Å². The van der Waals surface area contributed by atoms with Crippen LogP contribution in [0.1, 0.15) is 43.4 Å². The lowest BCUT2D eigenvalue weighted by Gasteiger charge is -2.24. The quantitative estimate of drug-likeness (QED) is 0.829. The number of hydrogen-bond donors (Lipinski definition) is 1. The number of rotatable bonds is 5. The predicted molar refractivity (Wildman–Crippen MR) is 78.2 cm³/mol. The van der Waals surface area contributed by atoms with Gasteiger partial charge in [-0.15, -0.1) is 0 Å². The van der Waals surface area contributed by atoms with E-state index in [1.54, 1.807) is 0 Å². The van der Waals surface area contributed by atoms with Gasteiger partial charge in [0.05, 0.1) is 0 Å². The fourth-order valence-corrected chi connectivity index (χ4v) is 3.38. The highest BCUT2D eigenvalue weighted by Gasteiger charge is 2.30. The first-order chi connectivity index (χ1) is 8.67. The molecule has 1 aliphatic heterocycles. The first-order valence-corrected chi connectivity index (χ1v) is 7.35. The third-order valence-electron chi connectivity index (χ3n) is 3.60. The molecule has 1 aromatic carbocycles. The van der Waals surface area contributed by atoms with Crippen LogP contribution in [-0.4, -0.2) is 18.0 Å². The molecule has 0 saturated heterocycles. The van der Waals surface area contributed by atoms with E-state index in [-0.39, 0.29) is 6.04 Å². The van der Waals surface area contributed by atoms with Crippen LogP contribution in [0.4, 0.5) is 0 Å². The highest BCUT2D eigenvalue weighted by Crippen LogP contribution is 2.39. The molecule has 0 saturated carbocycles. The molecule has 2 N–H and O–H groups in total. The summed E-state index contributed by atoms with van der Waals surface area (Å²) in [7, 11) is 0. The maximum atomic E-state index is 6.31. The Morgan fingerprint density at radius 2 is 2.11 bits per heavy atom. The standard InChI is InChI=1S/C14H20Cl2N2/c1-2-3-4-5-18-9-10-6-11(15)7-12(16)14(10)13(18)8-17/h6-7,13H,2-5,8-9,17H2,1H3. The van der Waals surface area contributed by atoms with E-state index in [0.717, 1.165) is 18.1 Å². The molecule has 1 heterocycles. The van der Waals surface area contributed by atoms with E-state index in [4.69, 9.17) is 28.9 Å². The van der Waals surface area contributed by atoms with Crippen molar-refractivity contribution in [3.63, 3.8) is 0 Å². The van der Waals surface area contributed by atoms with Crippen LogP contribution in [0.2, 0.25) is 10.0 Å². The minimum absolute atomic E-state index is 0.252. The molecule has 0 fully saturated rings. The predicted octanol–water partition coefficient (Wildman–Crippen LogP) is 4.00. The lowest BCUT2D eigenvalue weighted by atomic mass is 10.0. The summed E-state index contributed by atoms with van der Waals surface area (Å²) in [5.74, 6) is 0. The lowest BCUT2D eigenvalue weighted by Crippen LogP contribution is -2.28. The summed E-state index contributed by atoms with van der Waals surface area (Å²) in [6, 6.07) is 4.09. The van der Waals surface area contributed by atoms with Crippen LogP contribution in [0, 0.1) is 0 Å². The second-order valence-corrected chi connectivity index (χ2v) is 5.73. The topological polar surface area (TPSA) is 29.3 Å². The Morgan fingerprint density at radius 1 is 1.33 bits per heavy atom. The van der Waals surface area contributed by atoms with Crippen molar-refractivity contribution in [2.24, 2.45) is 5.73 Å². The zero-order valence-electron chi connectivity index (χ0n) is 10.8. The Bertz CT molecular complexity index is 421. The van der Waals surface area contributed by atoms with Gasteiger partial charge < -0.3 is 5.73 Å². The molecule has 100 valence electrons. The van der Waals surface area contributed by atoms with Crippen LogP contribution in [0.15, 0.2) is 12.1 Å². The normalized spacial score (nSPS) is 19.2. The molecule has 18 heavy (non-hydrogen) atoms. The first-order valence-electron chi connectivity index (χ1n) is 6.59. The molecule has 0 spiro atoms. The number of fused-ring (bicyclic) bond motifs is 1. The van der Waals surface area contributed by atoms with Crippen LogP contribution >= 0.6 is 23.2 Å². The van der Waals surface area contributed by atoms with Crippen molar-refractivity contribution in [2.75, 3.05) is 13.1 Å². The van der Waals surface area contributed by atoms with E-state index in [0.29, 0.717) is 11.6 Å². The molecule has 0 aromatic heterocycles. The molecule has 0 aliphatic carbocycles. The van der Waals surface area contributed by atoms with Gasteiger partial charge in [0.1, 0.15) is 0 Å². The minimum Gasteiger partial charge on any atom is -0.329 e. The van der Waals surface area contributed by atoms with E-state index in [1.165, 1.54) is 30.4 Å². The smallest absolute Gasteiger partial charge is 0.0492 e. The van der Waals surface area contributed by atoms with Crippen LogP contribution in [0.5, 0.6) is 0 Å². The van der Waals surface area contributed by atoms with Crippen molar-refractivity contribution >= 4 is 23.2 Å². The summed E-state index contributed by atoms with van der Waals surface area (Å²) in [5.41, 5.74) is 8.33. The van der Waals surface area contributed by atoms with Gasteiger partial charge in [0, 0.05) is 29.2 Å². The maximum absolute atomic E-state index is 6.31. The molecule has 1 atom stereocenters. The monoisotopic (exact) mass is 286 g/mol. The Labute approximate surface area is 119 Å². The molecule has 0 radical (unpaired) electrons. The van der Waals surface area contributed by atoms with Gasteiger partial charge in [-0.05, 0) is 36.2 Å². The van der Waals surface area contributed by atoms with E-state index >= 15 is 0 Å². The summed E-state index contributed by atoms with van der Waals surface area (Å²) in [4.78, 5) is 2.42. The third kappa shape index (κ3) is 2.83. The number of nitrogens with two attached hydrogens (primary N) is 1. The molecule has 1 aromatic rings. The van der Waals surface area contributed by atoms with Crippen LogP contribution in [0.25, 0.3) is 0 Å². The number of nitrogens with zero attached hydrogens (tertiary/aromatic N) is 1. The highest BCUT2D eigenvalue weighted by molar-refractivity contribution is 6.35. The fraction of sp³-hybridized carbons (Fsp3) is 0.571. The van der Waals surface area contributed by atoms with Gasteiger partial charge in [-0.2, -0.15) is 0 Å². The van der Waals surface area contributed by atoms with Crippen LogP contribution < -0.4 is 5.73 Å². The lowest BCUT2D eigenvalue weighted by molar-refractivity contribution is 0.215. The van der Waals surface area contributed by atoms with Crippen molar-refractivity contribution in [3.8, 4) is 0 Å². The molecule has 0 amide bonds. The molecule has 0 bridgehead atoms. The molecule has 4 heteroatoms. The van der Waals surface area contributed by atoms with E-state index in [2.05, 4.69) is 11.8 Å². The van der Waals surface area contributed by atoms with Gasteiger partial charge in [0.25, 0.3) is 0 Å². The highest BCUT2D eigenvalue weighted by atomic mass is 35.5. The Hall–Kier alpha value is -0.280. The zero-order valence-corrected chi connectivity index (χ0v) is 12.3. The third-order valence-corrected chi connectivity index (χ3v) is 4.13. The van der Waals surface area contributed by atoms with E-state index < -0.39 is 0 Å². The molecule has 2 nitrogen and oxygen atoms in total. The number of hydrogen-bond acceptors (Lipinski definition) is 2. The van der Waals surface area contributed by atoms with Gasteiger partial charge in [-0.3, -0.25) is 4.90 Å². The molecular weight excluding hydrogens is 267 g/mol. The second-order valence-electron chi connectivity index (χ2n) is 4.89. The summed E-state index contributed by atoms with van der Waals surface area (Å²) in [6.45, 7) is 4.83. The molecular formula is C14H20Cl2N2. The largest absolute Gasteiger partial charge is 0.329 e. The maximum Gasteiger partial charge on any atom is 0.0492 e. The Morgan fingerprint density at radius 3 is 2.78 bits per heavy atom. The molecule has 1 unspecified atom stereocenters. The fourth-order valence-electron chi connectivity index (χ4n) is 2.72. The van der Waals surface area contributed by atoms with Gasteiger partial charge in [-0.1, -0.05) is 43.0 Å². The van der Waals surface area contributed by atoms with Gasteiger partial charge in [0.15, 0.2) is 0 Å². The first kappa shape index (κ1) is 14.1. The van der Waals surface area contributed by atoms with Crippen LogP contribution in [0.3, 0.4) is 0 Å². The number of halogens is 2. The summed E-state index contributed by atoms with van der Waals surface area (Å²) < 4.78 is 0. The summed E-state index contributed by atoms with van der Waals surface area (Å²) in [5, 5.41) is 1.47. The second kappa shape index (κ2) is 6.25. The summed E-state index contributed by atoms with van der Waals surface area (Å²) >= 11 is 12.4. The average Bonchev–Trinajstić information content (AvgIpc) is 2.67. The van der Waals surface area contributed by atoms with Gasteiger partial charge in [0.2, 0.25) is 0 Å². The Kier molecular flexibility index (Phi) is 4.91. The minimum atomic E-state index is 0.252. The van der Waals surface area contributed by atoms with Crippen molar-refractivity contribution in [1.29, 1.82) is 0 Å². The number of benzene rings is 1. The number of unbranched alkanes of at least 4 members (excludes halogenated alkanes) is 2. The SMILES string of the molecule is CCCCCN1Cc2cc(Cl)cc(Cl)c2C1CN. The Balaban J connectivity index is 2.18. The zero-order chi connectivity index (χ0) is 13.1. The van der Waals surface area contributed by atoms with E-state index in [1.807, 2.05) is 12.1 Å². The molecule has 2 rings (SSSR count). The van der Waals surface area contributed by atoms with Crippen molar-refractivity contribution in [1.82, 2.24) is 4.90 Å². The van der Waals surface area contributed by atoms with E-state index in [9.17, 15) is 0 Å². The van der Waals surface area contributed by atoms with Crippen molar-refractivity contribution in [3.05, 3.63) is 33.3 Å². The average molecular weight is 287 g/mol. The summed E-state index contributed by atoms with van der Waals surface area (Å²) in [6.07, 6.45) is 3.71. The molecule has 1 aliphatic rings. The van der Waals surface area contributed by atoms with Crippen LogP contribution in [-0.2, 0) is 6.54 Å².